The fourth-order valence-electron chi connectivity index (χ4n) is 2.65. The number of benzene rings is 1. The quantitative estimate of drug-likeness (QED) is 0.329. The Bertz CT molecular complexity index is 1070. The van der Waals surface area contributed by atoms with Crippen molar-refractivity contribution in [3.8, 4) is 0 Å². The molecule has 0 fully saturated rings. The topological polar surface area (TPSA) is 40.6 Å². The maximum absolute atomic E-state index is 14.0. The van der Waals surface area contributed by atoms with Gasteiger partial charge in [-0.2, -0.15) is 8.78 Å². The van der Waals surface area contributed by atoms with E-state index in [1.54, 1.807) is 6.92 Å². The Morgan fingerprint density at radius 1 is 1.13 bits per heavy atom. The third-order valence-corrected chi connectivity index (χ3v) is 5.66. The first-order chi connectivity index (χ1) is 13.7. The lowest BCUT2D eigenvalue weighted by molar-refractivity contribution is 0.119. The van der Waals surface area contributed by atoms with E-state index in [2.05, 4.69) is 6.58 Å². The second-order valence-corrected chi connectivity index (χ2v) is 9.41. The maximum atomic E-state index is 14.0. The van der Waals surface area contributed by atoms with E-state index in [1.807, 2.05) is 0 Å². The molecule has 162 valence electrons. The number of hydrogen-bond donors (Lipinski definition) is 0. The Morgan fingerprint density at radius 2 is 1.70 bits per heavy atom. The minimum atomic E-state index is -3.43. The largest absolute Gasteiger partial charge is 0.346 e. The van der Waals surface area contributed by atoms with E-state index in [-0.39, 0.29) is 10.6 Å². The summed E-state index contributed by atoms with van der Waals surface area (Å²) in [6.07, 6.45) is 5.84. The molecule has 30 heavy (non-hydrogen) atoms. The van der Waals surface area contributed by atoms with Crippen LogP contribution in [0, 0.1) is 0 Å². The number of halogens is 4. The molecule has 0 amide bonds. The van der Waals surface area contributed by atoms with Crippen LogP contribution in [0.5, 0.6) is 0 Å². The van der Waals surface area contributed by atoms with Crippen LogP contribution >= 0.6 is 9.24 Å². The van der Waals surface area contributed by atoms with Gasteiger partial charge in [-0.25, -0.2) is 17.2 Å². The minimum absolute atomic E-state index is 0.0743. The first-order valence-electron chi connectivity index (χ1n) is 8.54. The van der Waals surface area contributed by atoms with Gasteiger partial charge in [0.15, 0.2) is 21.5 Å². The second-order valence-electron chi connectivity index (χ2n) is 6.67. The highest BCUT2D eigenvalue weighted by molar-refractivity contribution is 7.90. The van der Waals surface area contributed by atoms with Crippen LogP contribution in [-0.4, -0.2) is 32.3 Å². The van der Waals surface area contributed by atoms with Crippen molar-refractivity contribution in [3.05, 3.63) is 84.0 Å². The monoisotopic (exact) mass is 460 g/mol. The first kappa shape index (κ1) is 23.9. The summed E-state index contributed by atoms with van der Waals surface area (Å²) >= 11 is 0. The number of rotatable bonds is 6. The predicted molar refractivity (Wildman–Crippen MR) is 114 cm³/mol. The van der Waals surface area contributed by atoms with Gasteiger partial charge in [0, 0.05) is 31.4 Å². The highest BCUT2D eigenvalue weighted by Crippen LogP contribution is 2.39. The van der Waals surface area contributed by atoms with Gasteiger partial charge in [0.25, 0.3) is 5.66 Å². The summed E-state index contributed by atoms with van der Waals surface area (Å²) in [5, 5.41) is 0. The zero-order valence-corrected chi connectivity index (χ0v) is 18.5. The van der Waals surface area contributed by atoms with Gasteiger partial charge >= 0.3 is 0 Å². The lowest BCUT2D eigenvalue weighted by Gasteiger charge is -2.35. The molecule has 1 heterocycles. The van der Waals surface area contributed by atoms with Gasteiger partial charge in [-0.15, -0.1) is 0 Å². The molecular formula is C20H21F4N2O2PS. The SMILES string of the molecule is C=C(F)/C(F)=C\C=C(/C)C1=CN(C)C(C(F)(F)P)=CN1c1ccc(S(C)(=O)=O)cc1. The molecule has 0 bridgehead atoms. The lowest BCUT2D eigenvalue weighted by Crippen LogP contribution is -2.33. The molecule has 0 aromatic heterocycles. The molecule has 0 saturated heterocycles. The third kappa shape index (κ3) is 5.61. The average Bonchev–Trinajstić information content (AvgIpc) is 2.63. The highest BCUT2D eigenvalue weighted by atomic mass is 32.2. The second kappa shape index (κ2) is 8.78. The average molecular weight is 460 g/mol. The standard InChI is InChI=1S/C20H21F4N2O2PS/c1-13(5-10-17(22)14(2)21)18-11-25(3)19(20(23,24)29)12-26(18)15-6-8-16(9-7-15)30(4,27)28/h5-12H,2,29H2,1,3-4H3/b13-5+,17-10+. The summed E-state index contributed by atoms with van der Waals surface area (Å²) in [4.78, 5) is 2.71. The van der Waals surface area contributed by atoms with Gasteiger partial charge in [-0.1, -0.05) is 21.9 Å². The van der Waals surface area contributed by atoms with Crippen molar-refractivity contribution in [1.29, 1.82) is 0 Å². The minimum Gasteiger partial charge on any atom is -0.346 e. The third-order valence-electron chi connectivity index (χ3n) is 4.23. The molecule has 0 radical (unpaired) electrons. The van der Waals surface area contributed by atoms with Crippen LogP contribution in [0.1, 0.15) is 6.92 Å². The zero-order chi connectivity index (χ0) is 22.9. The lowest BCUT2D eigenvalue weighted by atomic mass is 10.1. The van der Waals surface area contributed by atoms with Crippen molar-refractivity contribution in [2.24, 2.45) is 0 Å². The van der Waals surface area contributed by atoms with E-state index >= 15 is 0 Å². The molecular weight excluding hydrogens is 439 g/mol. The smallest absolute Gasteiger partial charge is 0.299 e. The number of hydrogen-bond acceptors (Lipinski definition) is 4. The Balaban J connectivity index is 2.58. The van der Waals surface area contributed by atoms with Crippen LogP contribution in [0.15, 0.2) is 88.9 Å². The summed E-state index contributed by atoms with van der Waals surface area (Å²) in [5.74, 6) is -2.39. The van der Waals surface area contributed by atoms with E-state index < -0.39 is 27.2 Å². The van der Waals surface area contributed by atoms with Gasteiger partial charge < -0.3 is 9.80 Å². The Hall–Kier alpha value is -2.38. The Morgan fingerprint density at radius 3 is 2.17 bits per heavy atom. The van der Waals surface area contributed by atoms with Crippen LogP contribution in [0.25, 0.3) is 0 Å². The van der Waals surface area contributed by atoms with Crippen molar-refractivity contribution in [1.82, 2.24) is 4.90 Å². The zero-order valence-electron chi connectivity index (χ0n) is 16.5. The van der Waals surface area contributed by atoms with E-state index in [1.165, 1.54) is 68.8 Å². The molecule has 1 aromatic rings. The van der Waals surface area contributed by atoms with E-state index in [9.17, 15) is 26.0 Å². The number of nitrogens with zero attached hydrogens (tertiary/aromatic N) is 2. The molecule has 10 heteroatoms. The van der Waals surface area contributed by atoms with Crippen LogP contribution < -0.4 is 4.90 Å². The van der Waals surface area contributed by atoms with Gasteiger partial charge in [-0.3, -0.25) is 0 Å². The van der Waals surface area contributed by atoms with E-state index in [0.717, 1.165) is 12.3 Å². The molecule has 2 rings (SSSR count). The summed E-state index contributed by atoms with van der Waals surface area (Å²) < 4.78 is 77.8. The number of anilines is 1. The molecule has 4 nitrogen and oxygen atoms in total. The van der Waals surface area contributed by atoms with E-state index in [0.29, 0.717) is 17.0 Å². The molecule has 1 unspecified atom stereocenters. The van der Waals surface area contributed by atoms with Crippen molar-refractivity contribution < 1.29 is 26.0 Å². The number of allylic oxidation sites excluding steroid dienone is 6. The molecule has 1 atom stereocenters. The normalized spacial score (nSPS) is 16.4. The van der Waals surface area contributed by atoms with Gasteiger partial charge in [-0.05, 0) is 42.8 Å². The van der Waals surface area contributed by atoms with Crippen LogP contribution in [0.4, 0.5) is 23.2 Å². The van der Waals surface area contributed by atoms with Gasteiger partial charge in [0.05, 0.1) is 10.6 Å². The number of alkyl halides is 2. The van der Waals surface area contributed by atoms with E-state index in [4.69, 9.17) is 0 Å². The molecule has 1 aromatic carbocycles. The molecule has 0 spiro atoms. The molecule has 1 aliphatic heterocycles. The van der Waals surface area contributed by atoms with Gasteiger partial charge in [0.1, 0.15) is 5.70 Å². The number of sulfone groups is 1. The Labute approximate surface area is 175 Å². The summed E-state index contributed by atoms with van der Waals surface area (Å²) in [6, 6.07) is 5.66. The first-order valence-corrected chi connectivity index (χ1v) is 11.0. The highest BCUT2D eigenvalue weighted by Gasteiger charge is 2.34. The molecule has 0 saturated carbocycles. The van der Waals surface area contributed by atoms with Crippen molar-refractivity contribution >= 4 is 24.8 Å². The van der Waals surface area contributed by atoms with Crippen molar-refractivity contribution in [2.45, 2.75) is 17.5 Å². The van der Waals surface area contributed by atoms with Crippen LogP contribution in [-0.2, 0) is 9.84 Å². The van der Waals surface area contributed by atoms with Crippen molar-refractivity contribution in [2.75, 3.05) is 18.2 Å². The summed E-state index contributed by atoms with van der Waals surface area (Å²) in [5.41, 5.74) is -2.34. The van der Waals surface area contributed by atoms with Gasteiger partial charge in [0.2, 0.25) is 0 Å². The van der Waals surface area contributed by atoms with Crippen LogP contribution in [0.3, 0.4) is 0 Å². The molecule has 0 aliphatic carbocycles. The predicted octanol–water partition coefficient (Wildman–Crippen LogP) is 5.28. The summed E-state index contributed by atoms with van der Waals surface area (Å²) in [6.45, 7) is 4.47. The van der Waals surface area contributed by atoms with Crippen molar-refractivity contribution in [3.63, 3.8) is 0 Å². The molecule has 0 N–H and O–H groups in total. The molecule has 1 aliphatic rings. The summed E-state index contributed by atoms with van der Waals surface area (Å²) in [7, 11) is -0.543. The fraction of sp³-hybridized carbons (Fsp3) is 0.200. The Kier molecular flexibility index (Phi) is 6.99. The fourth-order valence-corrected chi connectivity index (χ4v) is 3.56. The maximum Gasteiger partial charge on any atom is 0.299 e. The van der Waals surface area contributed by atoms with Crippen LogP contribution in [0.2, 0.25) is 0 Å².